The number of nitrogens with one attached hydrogen (secondary N) is 1. The summed E-state index contributed by atoms with van der Waals surface area (Å²) in [6.45, 7) is 3.68. The molecular weight excluding hydrogens is 326 g/mol. The van der Waals surface area contributed by atoms with Gasteiger partial charge >= 0.3 is 5.97 Å². The highest BCUT2D eigenvalue weighted by molar-refractivity contribution is 9.10. The van der Waals surface area contributed by atoms with Crippen molar-refractivity contribution in [3.05, 3.63) is 28.2 Å². The van der Waals surface area contributed by atoms with Crippen LogP contribution in [0.25, 0.3) is 0 Å². The van der Waals surface area contributed by atoms with Crippen LogP contribution in [0.3, 0.4) is 0 Å². The molecule has 1 aromatic rings. The Morgan fingerprint density at radius 2 is 2.10 bits per heavy atom. The number of halogens is 1. The number of hydrogen-bond acceptors (Lipinski definition) is 3. The highest BCUT2D eigenvalue weighted by atomic mass is 79.9. The smallest absolute Gasteiger partial charge is 0.326 e. The fourth-order valence-corrected chi connectivity index (χ4v) is 2.26. The van der Waals surface area contributed by atoms with Crippen LogP contribution in [-0.4, -0.2) is 30.1 Å². The third kappa shape index (κ3) is 3.96. The lowest BCUT2D eigenvalue weighted by atomic mass is 9.99. The Kier molecular flexibility index (Phi) is 6.01. The summed E-state index contributed by atoms with van der Waals surface area (Å²) in [6.07, 6.45) is 0.670. The zero-order valence-corrected chi connectivity index (χ0v) is 13.2. The zero-order valence-electron chi connectivity index (χ0n) is 11.6. The van der Waals surface area contributed by atoms with Crippen molar-refractivity contribution in [2.45, 2.75) is 26.3 Å². The molecule has 0 aliphatic rings. The first kappa shape index (κ1) is 16.5. The SMILES string of the molecule is CCC(C)[C@H](NC(=O)c1ccc(OC)c(Br)c1)C(=O)O. The Labute approximate surface area is 126 Å². The maximum Gasteiger partial charge on any atom is 0.326 e. The van der Waals surface area contributed by atoms with Gasteiger partial charge in [-0.3, -0.25) is 4.79 Å². The summed E-state index contributed by atoms with van der Waals surface area (Å²) >= 11 is 3.29. The van der Waals surface area contributed by atoms with E-state index >= 15 is 0 Å². The van der Waals surface area contributed by atoms with Crippen LogP contribution < -0.4 is 10.1 Å². The largest absolute Gasteiger partial charge is 0.496 e. The van der Waals surface area contributed by atoms with Gasteiger partial charge in [-0.2, -0.15) is 0 Å². The van der Waals surface area contributed by atoms with Gasteiger partial charge in [0.15, 0.2) is 0 Å². The van der Waals surface area contributed by atoms with E-state index in [1.54, 1.807) is 25.1 Å². The predicted octanol–water partition coefficient (Wildman–Crippen LogP) is 2.69. The topological polar surface area (TPSA) is 75.6 Å². The number of amides is 1. The third-order valence-electron chi connectivity index (χ3n) is 3.18. The quantitative estimate of drug-likeness (QED) is 0.832. The summed E-state index contributed by atoms with van der Waals surface area (Å²) in [5.41, 5.74) is 0.382. The maximum absolute atomic E-state index is 12.1. The first-order valence-electron chi connectivity index (χ1n) is 6.27. The molecule has 0 spiro atoms. The summed E-state index contributed by atoms with van der Waals surface area (Å²) in [6, 6.07) is 3.95. The van der Waals surface area contributed by atoms with Crippen LogP contribution >= 0.6 is 15.9 Å². The van der Waals surface area contributed by atoms with Crippen molar-refractivity contribution >= 4 is 27.8 Å². The Morgan fingerprint density at radius 1 is 1.45 bits per heavy atom. The maximum atomic E-state index is 12.1. The van der Waals surface area contributed by atoms with E-state index in [-0.39, 0.29) is 5.92 Å². The molecule has 2 N–H and O–H groups in total. The molecule has 5 nitrogen and oxygen atoms in total. The molecule has 6 heteroatoms. The van der Waals surface area contributed by atoms with E-state index in [0.717, 1.165) is 0 Å². The molecular formula is C14H18BrNO4. The summed E-state index contributed by atoms with van der Waals surface area (Å²) in [5.74, 6) is -0.974. The van der Waals surface area contributed by atoms with E-state index in [1.165, 1.54) is 7.11 Å². The lowest BCUT2D eigenvalue weighted by molar-refractivity contribution is -0.140. The van der Waals surface area contributed by atoms with Gasteiger partial charge in [-0.15, -0.1) is 0 Å². The first-order chi connectivity index (χ1) is 9.40. The number of carboxylic acid groups (broad SMARTS) is 1. The second kappa shape index (κ2) is 7.28. The monoisotopic (exact) mass is 343 g/mol. The molecule has 20 heavy (non-hydrogen) atoms. The van der Waals surface area contributed by atoms with Gasteiger partial charge in [0.1, 0.15) is 11.8 Å². The van der Waals surface area contributed by atoms with Crippen molar-refractivity contribution in [3.8, 4) is 5.75 Å². The molecule has 0 radical (unpaired) electrons. The number of aliphatic carboxylic acids is 1. The van der Waals surface area contributed by atoms with Gasteiger partial charge in [-0.25, -0.2) is 4.79 Å². The van der Waals surface area contributed by atoms with Gasteiger partial charge in [0.05, 0.1) is 11.6 Å². The number of carbonyl (C=O) groups is 2. The fraction of sp³-hybridized carbons (Fsp3) is 0.429. The fourth-order valence-electron chi connectivity index (χ4n) is 1.72. The number of carbonyl (C=O) groups excluding carboxylic acids is 1. The zero-order chi connectivity index (χ0) is 15.3. The van der Waals surface area contributed by atoms with Crippen LogP contribution in [0, 0.1) is 5.92 Å². The molecule has 0 aromatic heterocycles. The number of hydrogen-bond donors (Lipinski definition) is 2. The van der Waals surface area contributed by atoms with E-state index in [1.807, 2.05) is 6.92 Å². The van der Waals surface area contributed by atoms with Crippen molar-refractivity contribution in [1.29, 1.82) is 0 Å². The highest BCUT2D eigenvalue weighted by Gasteiger charge is 2.25. The van der Waals surface area contributed by atoms with Crippen molar-refractivity contribution in [2.24, 2.45) is 5.92 Å². The van der Waals surface area contributed by atoms with Crippen LogP contribution in [0.2, 0.25) is 0 Å². The second-order valence-electron chi connectivity index (χ2n) is 4.52. The molecule has 0 saturated carbocycles. The minimum Gasteiger partial charge on any atom is -0.496 e. The number of carboxylic acids is 1. The lowest BCUT2D eigenvalue weighted by Gasteiger charge is -2.20. The molecule has 0 saturated heterocycles. The third-order valence-corrected chi connectivity index (χ3v) is 3.80. The number of benzene rings is 1. The molecule has 1 rings (SSSR count). The number of methoxy groups -OCH3 is 1. The van der Waals surface area contributed by atoms with Crippen molar-refractivity contribution in [3.63, 3.8) is 0 Å². The van der Waals surface area contributed by atoms with Crippen LogP contribution in [-0.2, 0) is 4.79 Å². The lowest BCUT2D eigenvalue weighted by Crippen LogP contribution is -2.45. The van der Waals surface area contributed by atoms with Crippen LogP contribution in [0.4, 0.5) is 0 Å². The minimum absolute atomic E-state index is 0.141. The van der Waals surface area contributed by atoms with Gasteiger partial charge < -0.3 is 15.2 Å². The molecule has 0 aliphatic carbocycles. The molecule has 1 amide bonds. The van der Waals surface area contributed by atoms with Gasteiger partial charge in [0, 0.05) is 5.56 Å². The van der Waals surface area contributed by atoms with E-state index in [0.29, 0.717) is 22.2 Å². The molecule has 0 heterocycles. The standard InChI is InChI=1S/C14H18BrNO4/c1-4-8(2)12(14(18)19)16-13(17)9-5-6-11(20-3)10(15)7-9/h5-8,12H,4H2,1-3H3,(H,16,17)(H,18,19)/t8?,12-/m0/s1. The van der Waals surface area contributed by atoms with Gasteiger partial charge in [0.2, 0.25) is 0 Å². The van der Waals surface area contributed by atoms with E-state index in [4.69, 9.17) is 9.84 Å². The Balaban J connectivity index is 2.89. The van der Waals surface area contributed by atoms with Crippen LogP contribution in [0.15, 0.2) is 22.7 Å². The number of ether oxygens (including phenoxy) is 1. The van der Waals surface area contributed by atoms with Crippen LogP contribution in [0.5, 0.6) is 5.75 Å². The van der Waals surface area contributed by atoms with Gasteiger partial charge in [-0.1, -0.05) is 20.3 Å². The molecule has 0 fully saturated rings. The average Bonchev–Trinajstić information content (AvgIpc) is 2.43. The summed E-state index contributed by atoms with van der Waals surface area (Å²) in [7, 11) is 1.53. The van der Waals surface area contributed by atoms with Crippen molar-refractivity contribution < 1.29 is 19.4 Å². The normalized spacial score (nSPS) is 13.4. The first-order valence-corrected chi connectivity index (χ1v) is 7.07. The molecule has 1 unspecified atom stereocenters. The van der Waals surface area contributed by atoms with E-state index in [2.05, 4.69) is 21.2 Å². The molecule has 0 aliphatic heterocycles. The summed E-state index contributed by atoms with van der Waals surface area (Å²) < 4.78 is 5.72. The molecule has 1 aromatic carbocycles. The molecule has 110 valence electrons. The van der Waals surface area contributed by atoms with E-state index < -0.39 is 17.9 Å². The second-order valence-corrected chi connectivity index (χ2v) is 5.38. The Hall–Kier alpha value is -1.56. The Morgan fingerprint density at radius 3 is 2.55 bits per heavy atom. The van der Waals surface area contributed by atoms with Gasteiger partial charge in [-0.05, 0) is 40.0 Å². The minimum atomic E-state index is -1.03. The number of rotatable bonds is 6. The van der Waals surface area contributed by atoms with Crippen molar-refractivity contribution in [1.82, 2.24) is 5.32 Å². The van der Waals surface area contributed by atoms with Crippen molar-refractivity contribution in [2.75, 3.05) is 7.11 Å². The predicted molar refractivity (Wildman–Crippen MR) is 79.0 cm³/mol. The van der Waals surface area contributed by atoms with Gasteiger partial charge in [0.25, 0.3) is 5.91 Å². The summed E-state index contributed by atoms with van der Waals surface area (Å²) in [5, 5.41) is 11.7. The van der Waals surface area contributed by atoms with E-state index in [9.17, 15) is 9.59 Å². The summed E-state index contributed by atoms with van der Waals surface area (Å²) in [4.78, 5) is 23.3. The van der Waals surface area contributed by atoms with Crippen LogP contribution in [0.1, 0.15) is 30.6 Å². The Bertz CT molecular complexity index is 504. The highest BCUT2D eigenvalue weighted by Crippen LogP contribution is 2.25. The molecule has 2 atom stereocenters. The average molecular weight is 344 g/mol. The molecule has 0 bridgehead atoms.